The maximum atomic E-state index is 4.86. The van der Waals surface area contributed by atoms with Gasteiger partial charge in [-0.3, -0.25) is 0 Å². The average Bonchev–Trinajstić information content (AvgIpc) is 2.50. The second-order valence-electron chi connectivity index (χ2n) is 4.71. The molecule has 0 saturated carbocycles. The number of benzene rings is 2. The van der Waals surface area contributed by atoms with Crippen LogP contribution in [0.5, 0.6) is 0 Å². The zero-order chi connectivity index (χ0) is 15.5. The van der Waals surface area contributed by atoms with Crippen molar-refractivity contribution < 1.29 is 5.32 Å². The molecule has 0 unspecified atom stereocenters. The van der Waals surface area contributed by atoms with E-state index in [1.54, 1.807) is 0 Å². The molecule has 21 heavy (non-hydrogen) atoms. The van der Waals surface area contributed by atoms with Gasteiger partial charge in [-0.2, -0.15) is 0 Å². The van der Waals surface area contributed by atoms with Crippen LogP contribution in [-0.2, 0) is 25.7 Å². The normalized spacial score (nSPS) is 9.43. The summed E-state index contributed by atoms with van der Waals surface area (Å²) in [4.78, 5) is 1.88. The highest BCUT2D eigenvalue weighted by molar-refractivity contribution is 8.00. The fourth-order valence-corrected chi connectivity index (χ4v) is 1.90. The summed E-state index contributed by atoms with van der Waals surface area (Å²) in [5, 5.41) is 2.16. The lowest BCUT2D eigenvalue weighted by Crippen LogP contribution is -2.77. The monoisotopic (exact) mass is 318 g/mol. The third-order valence-corrected chi connectivity index (χ3v) is 3.48. The minimum absolute atomic E-state index is 0.513. The Bertz CT molecular complexity index is 515. The smallest absolute Gasteiger partial charge is 0.101 e. The van der Waals surface area contributed by atoms with Crippen molar-refractivity contribution in [2.45, 2.75) is 13.1 Å². The maximum Gasteiger partial charge on any atom is 0.101 e. The zero-order valence-corrected chi connectivity index (χ0v) is 14.2. The summed E-state index contributed by atoms with van der Waals surface area (Å²) in [7, 11) is 3.98. The number of hydrogen-bond acceptors (Lipinski definition) is 2. The molecule has 0 spiro atoms. The second kappa shape index (κ2) is 10.3. The molecule has 0 heterocycles. The molecule has 0 radical (unpaired) electrons. The summed E-state index contributed by atoms with van der Waals surface area (Å²) in [6, 6.07) is 20.6. The quantitative estimate of drug-likeness (QED) is 0.690. The fraction of sp³-hybridized carbons (Fsp3) is 0.235. The topological polar surface area (TPSA) is 19.9 Å². The van der Waals surface area contributed by atoms with Crippen molar-refractivity contribution in [2.24, 2.45) is 0 Å². The first-order valence-electron chi connectivity index (χ1n) is 6.91. The highest BCUT2D eigenvalue weighted by Gasteiger charge is 1.94. The van der Waals surface area contributed by atoms with Gasteiger partial charge in [-0.05, 0) is 5.56 Å². The van der Waals surface area contributed by atoms with Gasteiger partial charge in [-0.1, -0.05) is 65.0 Å². The lowest BCUT2D eigenvalue weighted by Gasteiger charge is -2.22. The molecule has 0 saturated heterocycles. The molecule has 0 fully saturated rings. The highest BCUT2D eigenvalue weighted by Crippen LogP contribution is 2.02. The van der Waals surface area contributed by atoms with Gasteiger partial charge in [0.2, 0.25) is 0 Å². The standard InChI is InChI=1S/C9H11NS2.C8H11N/c1-10(9(11)12)7-8-5-3-2-4-6-8;1-9-7-8-5-3-2-4-6-8/h2-6H,7H2,1H3,(H,11,12);2-6,9H,7H2,1H3. The van der Waals surface area contributed by atoms with Gasteiger partial charge in [-0.25, -0.2) is 0 Å². The van der Waals surface area contributed by atoms with Gasteiger partial charge in [0.05, 0.1) is 7.05 Å². The molecule has 2 aromatic carbocycles. The van der Waals surface area contributed by atoms with Gasteiger partial charge in [0, 0.05) is 19.2 Å². The Labute approximate surface area is 138 Å². The van der Waals surface area contributed by atoms with Crippen LogP contribution in [0.25, 0.3) is 0 Å². The van der Waals surface area contributed by atoms with E-state index in [1.165, 1.54) is 11.1 Å². The number of hydrogen-bond donors (Lipinski definition) is 1. The van der Waals surface area contributed by atoms with Crippen LogP contribution in [0.4, 0.5) is 0 Å². The van der Waals surface area contributed by atoms with Crippen molar-refractivity contribution in [1.82, 2.24) is 4.90 Å². The molecule has 0 amide bonds. The first kappa shape index (κ1) is 17.6. The Morgan fingerprint density at radius 3 is 1.90 bits per heavy atom. The average molecular weight is 319 g/mol. The van der Waals surface area contributed by atoms with E-state index < -0.39 is 0 Å². The van der Waals surface area contributed by atoms with Crippen molar-refractivity contribution in [2.75, 3.05) is 14.1 Å². The van der Waals surface area contributed by atoms with Gasteiger partial charge in [0.1, 0.15) is 6.54 Å². The Morgan fingerprint density at radius 2 is 1.48 bits per heavy atom. The van der Waals surface area contributed by atoms with Gasteiger partial charge in [0.25, 0.3) is 0 Å². The number of rotatable bonds is 4. The van der Waals surface area contributed by atoms with Crippen molar-refractivity contribution in [3.8, 4) is 0 Å². The summed E-state index contributed by atoms with van der Waals surface area (Å²) in [5.41, 5.74) is 2.62. The highest BCUT2D eigenvalue weighted by atomic mass is 32.1. The number of nitrogens with zero attached hydrogens (tertiary/aromatic N) is 1. The van der Waals surface area contributed by atoms with Crippen molar-refractivity contribution in [3.63, 3.8) is 0 Å². The molecule has 0 aromatic heterocycles. The minimum atomic E-state index is 0.513. The zero-order valence-electron chi connectivity index (χ0n) is 12.5. The van der Waals surface area contributed by atoms with Crippen LogP contribution >= 0.6 is 12.2 Å². The molecule has 0 aliphatic carbocycles. The van der Waals surface area contributed by atoms with Crippen LogP contribution in [0.3, 0.4) is 0 Å². The Kier molecular flexibility index (Phi) is 8.59. The van der Waals surface area contributed by atoms with E-state index in [-0.39, 0.29) is 0 Å². The Morgan fingerprint density at radius 1 is 1.00 bits per heavy atom. The van der Waals surface area contributed by atoms with Gasteiger partial charge in [0.15, 0.2) is 0 Å². The first-order chi connectivity index (χ1) is 10.1. The van der Waals surface area contributed by atoms with Crippen LogP contribution in [0, 0.1) is 0 Å². The molecule has 0 atom stereocenters. The SMILES string of the molecule is CN(Cc1ccccc1)C(=S)[S-].C[NH2+]Cc1ccccc1. The molecule has 0 aliphatic heterocycles. The molecule has 2 aromatic rings. The van der Waals surface area contributed by atoms with Gasteiger partial charge >= 0.3 is 0 Å². The largest absolute Gasteiger partial charge is 0.411 e. The first-order valence-corrected chi connectivity index (χ1v) is 7.73. The number of thiocarbonyl (C=S) groups is 1. The van der Waals surface area contributed by atoms with E-state index in [0.717, 1.165) is 13.1 Å². The summed E-state index contributed by atoms with van der Waals surface area (Å²) < 4.78 is 0.513. The number of quaternary nitrogens is 1. The molecular formula is C17H22N2S2. The second-order valence-corrected chi connectivity index (χ2v) is 5.74. The number of nitrogens with two attached hydrogens (primary N) is 1. The van der Waals surface area contributed by atoms with Crippen LogP contribution in [0.2, 0.25) is 0 Å². The van der Waals surface area contributed by atoms with E-state index >= 15 is 0 Å². The van der Waals surface area contributed by atoms with Crippen LogP contribution < -0.4 is 5.32 Å². The molecule has 2 N–H and O–H groups in total. The van der Waals surface area contributed by atoms with E-state index in [9.17, 15) is 0 Å². The lowest BCUT2D eigenvalue weighted by atomic mass is 10.2. The molecule has 2 rings (SSSR count). The Hall–Kier alpha value is -1.49. The maximum absolute atomic E-state index is 4.86. The molecule has 112 valence electrons. The molecular weight excluding hydrogens is 296 g/mol. The third kappa shape index (κ3) is 7.75. The summed E-state index contributed by atoms with van der Waals surface area (Å²) in [6.45, 7) is 1.88. The van der Waals surface area contributed by atoms with Crippen molar-refractivity contribution in [3.05, 3.63) is 71.8 Å². The molecule has 4 heteroatoms. The van der Waals surface area contributed by atoms with E-state index in [0.29, 0.717) is 4.32 Å². The Balaban J connectivity index is 0.000000219. The van der Waals surface area contributed by atoms with Crippen LogP contribution in [-0.4, -0.2) is 23.3 Å². The van der Waals surface area contributed by atoms with Crippen molar-refractivity contribution in [1.29, 1.82) is 0 Å². The minimum Gasteiger partial charge on any atom is -0.411 e. The van der Waals surface area contributed by atoms with E-state index in [4.69, 9.17) is 24.8 Å². The van der Waals surface area contributed by atoms with E-state index in [1.807, 2.05) is 36.2 Å². The van der Waals surface area contributed by atoms with Gasteiger partial charge in [-0.15, -0.1) is 0 Å². The summed E-state index contributed by atoms with van der Waals surface area (Å²) in [5.74, 6) is 0. The van der Waals surface area contributed by atoms with E-state index in [2.05, 4.69) is 48.8 Å². The van der Waals surface area contributed by atoms with Crippen LogP contribution in [0.1, 0.15) is 11.1 Å². The lowest BCUT2D eigenvalue weighted by molar-refractivity contribution is -0.643. The van der Waals surface area contributed by atoms with Crippen LogP contribution in [0.15, 0.2) is 60.7 Å². The van der Waals surface area contributed by atoms with Gasteiger partial charge < -0.3 is 35.1 Å². The molecule has 0 aliphatic rings. The predicted molar refractivity (Wildman–Crippen MR) is 95.9 cm³/mol. The fourth-order valence-electron chi connectivity index (χ4n) is 1.77. The molecule has 2 nitrogen and oxygen atoms in total. The summed E-state index contributed by atoms with van der Waals surface area (Å²) in [6.07, 6.45) is 0. The van der Waals surface area contributed by atoms with Crippen molar-refractivity contribution >= 4 is 29.2 Å². The third-order valence-electron chi connectivity index (χ3n) is 2.86. The molecule has 0 bridgehead atoms. The summed E-state index contributed by atoms with van der Waals surface area (Å²) >= 11 is 9.72. The predicted octanol–water partition coefficient (Wildman–Crippen LogP) is 2.33.